The lowest BCUT2D eigenvalue weighted by molar-refractivity contribution is -0.125. The molecular formula is C11H23N3O2. The van der Waals surface area contributed by atoms with Crippen molar-refractivity contribution >= 4 is 11.7 Å². The van der Waals surface area contributed by atoms with E-state index in [-0.39, 0.29) is 17.7 Å². The lowest BCUT2D eigenvalue weighted by Gasteiger charge is -2.24. The molecule has 4 N–H and O–H groups in total. The third kappa shape index (κ3) is 4.08. The Morgan fingerprint density at radius 1 is 1.44 bits per heavy atom. The highest BCUT2D eigenvalue weighted by molar-refractivity contribution is 5.86. The summed E-state index contributed by atoms with van der Waals surface area (Å²) in [5, 5.41) is 14.4. The van der Waals surface area contributed by atoms with Crippen LogP contribution in [0.15, 0.2) is 5.16 Å². The maximum absolute atomic E-state index is 11.7. The van der Waals surface area contributed by atoms with Gasteiger partial charge in [-0.2, -0.15) is 0 Å². The highest BCUT2D eigenvalue weighted by Crippen LogP contribution is 2.14. The Morgan fingerprint density at radius 3 is 2.31 bits per heavy atom. The molecule has 0 heterocycles. The van der Waals surface area contributed by atoms with E-state index in [1.165, 1.54) is 0 Å². The highest BCUT2D eigenvalue weighted by Gasteiger charge is 2.25. The van der Waals surface area contributed by atoms with E-state index in [0.717, 1.165) is 12.8 Å². The third-order valence-electron chi connectivity index (χ3n) is 2.86. The topological polar surface area (TPSA) is 87.7 Å². The standard InChI is InChI=1S/C11H23N3O2/c1-5-8(6-2)9(15)13-7-11(3,4)10(12)14-16/h8,16H,5-7H2,1-4H3,(H2,12,14)(H,13,15). The summed E-state index contributed by atoms with van der Waals surface area (Å²) in [7, 11) is 0. The average molecular weight is 229 g/mol. The number of amides is 1. The van der Waals surface area contributed by atoms with Gasteiger partial charge in [0.05, 0.1) is 0 Å². The van der Waals surface area contributed by atoms with Gasteiger partial charge in [0, 0.05) is 17.9 Å². The zero-order valence-electron chi connectivity index (χ0n) is 10.6. The number of carbonyl (C=O) groups is 1. The molecule has 0 aromatic carbocycles. The van der Waals surface area contributed by atoms with Crippen molar-refractivity contribution in [2.45, 2.75) is 40.5 Å². The van der Waals surface area contributed by atoms with Gasteiger partial charge in [-0.1, -0.05) is 32.9 Å². The first-order valence-electron chi connectivity index (χ1n) is 5.64. The summed E-state index contributed by atoms with van der Waals surface area (Å²) in [4.78, 5) is 11.7. The number of nitrogens with two attached hydrogens (primary N) is 1. The van der Waals surface area contributed by atoms with Crippen LogP contribution < -0.4 is 11.1 Å². The third-order valence-corrected chi connectivity index (χ3v) is 2.86. The van der Waals surface area contributed by atoms with Gasteiger partial charge in [0.1, 0.15) is 5.84 Å². The Hall–Kier alpha value is -1.26. The van der Waals surface area contributed by atoms with Crippen LogP contribution in [-0.4, -0.2) is 23.5 Å². The Morgan fingerprint density at radius 2 is 1.94 bits per heavy atom. The number of nitrogens with zero attached hydrogens (tertiary/aromatic N) is 1. The molecule has 0 bridgehead atoms. The first kappa shape index (κ1) is 14.7. The lowest BCUT2D eigenvalue weighted by Crippen LogP contribution is -2.44. The van der Waals surface area contributed by atoms with Crippen molar-refractivity contribution < 1.29 is 10.0 Å². The largest absolute Gasteiger partial charge is 0.409 e. The van der Waals surface area contributed by atoms with Gasteiger partial charge in [-0.05, 0) is 12.8 Å². The Kier molecular flexibility index (Phi) is 5.85. The van der Waals surface area contributed by atoms with Gasteiger partial charge < -0.3 is 16.3 Å². The van der Waals surface area contributed by atoms with E-state index in [1.54, 1.807) is 0 Å². The molecule has 5 nitrogen and oxygen atoms in total. The van der Waals surface area contributed by atoms with Crippen LogP contribution in [0.1, 0.15) is 40.5 Å². The molecule has 94 valence electrons. The van der Waals surface area contributed by atoms with Gasteiger partial charge in [-0.25, -0.2) is 0 Å². The van der Waals surface area contributed by atoms with E-state index in [9.17, 15) is 4.79 Å². The van der Waals surface area contributed by atoms with Crippen LogP contribution in [0.3, 0.4) is 0 Å². The van der Waals surface area contributed by atoms with Gasteiger partial charge in [0.15, 0.2) is 0 Å². The summed E-state index contributed by atoms with van der Waals surface area (Å²) in [6.07, 6.45) is 1.65. The summed E-state index contributed by atoms with van der Waals surface area (Å²) in [6, 6.07) is 0. The minimum absolute atomic E-state index is 0.0313. The second-order valence-electron chi connectivity index (χ2n) is 4.60. The molecule has 0 aromatic heterocycles. The predicted octanol–water partition coefficient (Wildman–Crippen LogP) is 1.31. The van der Waals surface area contributed by atoms with E-state index in [4.69, 9.17) is 10.9 Å². The first-order chi connectivity index (χ1) is 7.38. The SMILES string of the molecule is CCC(CC)C(=O)NCC(C)(C)C(N)=NO. The molecule has 0 aliphatic carbocycles. The van der Waals surface area contributed by atoms with Crippen LogP contribution in [0.2, 0.25) is 0 Å². The van der Waals surface area contributed by atoms with Gasteiger partial charge in [-0.3, -0.25) is 4.79 Å². The van der Waals surface area contributed by atoms with Crippen molar-refractivity contribution in [2.75, 3.05) is 6.54 Å². The van der Waals surface area contributed by atoms with Crippen LogP contribution in [0.4, 0.5) is 0 Å². The summed E-state index contributed by atoms with van der Waals surface area (Å²) < 4.78 is 0. The molecule has 0 aromatic rings. The average Bonchev–Trinajstić information content (AvgIpc) is 2.27. The van der Waals surface area contributed by atoms with Crippen molar-refractivity contribution in [1.82, 2.24) is 5.32 Å². The molecule has 16 heavy (non-hydrogen) atoms. The van der Waals surface area contributed by atoms with Crippen molar-refractivity contribution in [1.29, 1.82) is 0 Å². The number of hydrogen-bond acceptors (Lipinski definition) is 3. The molecular weight excluding hydrogens is 206 g/mol. The van der Waals surface area contributed by atoms with Crippen LogP contribution >= 0.6 is 0 Å². The van der Waals surface area contributed by atoms with E-state index in [2.05, 4.69) is 10.5 Å². The molecule has 0 unspecified atom stereocenters. The second-order valence-corrected chi connectivity index (χ2v) is 4.60. The molecule has 5 heteroatoms. The molecule has 0 radical (unpaired) electrons. The zero-order valence-corrected chi connectivity index (χ0v) is 10.6. The molecule has 0 saturated heterocycles. The van der Waals surface area contributed by atoms with Gasteiger partial charge in [0.2, 0.25) is 5.91 Å². The molecule has 1 amide bonds. The molecule has 0 aliphatic heterocycles. The van der Waals surface area contributed by atoms with Crippen LogP contribution in [0.5, 0.6) is 0 Å². The quantitative estimate of drug-likeness (QED) is 0.278. The minimum Gasteiger partial charge on any atom is -0.409 e. The lowest BCUT2D eigenvalue weighted by atomic mass is 9.91. The number of rotatable bonds is 6. The summed E-state index contributed by atoms with van der Waals surface area (Å²) in [5.41, 5.74) is 5.00. The van der Waals surface area contributed by atoms with Gasteiger partial charge in [-0.15, -0.1) is 0 Å². The smallest absolute Gasteiger partial charge is 0.223 e. The maximum atomic E-state index is 11.7. The van der Waals surface area contributed by atoms with Crippen LogP contribution in [0, 0.1) is 11.3 Å². The van der Waals surface area contributed by atoms with Crippen molar-refractivity contribution in [3.8, 4) is 0 Å². The van der Waals surface area contributed by atoms with Crippen LogP contribution in [-0.2, 0) is 4.79 Å². The number of amidine groups is 1. The first-order valence-corrected chi connectivity index (χ1v) is 5.64. The Bertz CT molecular complexity index is 258. The fourth-order valence-corrected chi connectivity index (χ4v) is 1.34. The van der Waals surface area contributed by atoms with Crippen molar-refractivity contribution in [3.05, 3.63) is 0 Å². The van der Waals surface area contributed by atoms with E-state index in [0.29, 0.717) is 6.54 Å². The summed E-state index contributed by atoms with van der Waals surface area (Å²) >= 11 is 0. The van der Waals surface area contributed by atoms with Crippen molar-refractivity contribution in [3.63, 3.8) is 0 Å². The molecule has 0 fully saturated rings. The van der Waals surface area contributed by atoms with Gasteiger partial charge >= 0.3 is 0 Å². The fourth-order valence-electron chi connectivity index (χ4n) is 1.34. The van der Waals surface area contributed by atoms with Crippen molar-refractivity contribution in [2.24, 2.45) is 22.2 Å². The Balaban J connectivity index is 4.29. The molecule has 0 spiro atoms. The number of hydrogen-bond donors (Lipinski definition) is 3. The number of oxime groups is 1. The van der Waals surface area contributed by atoms with Crippen LogP contribution in [0.25, 0.3) is 0 Å². The number of nitrogens with one attached hydrogen (secondary N) is 1. The van der Waals surface area contributed by atoms with E-state index >= 15 is 0 Å². The minimum atomic E-state index is -0.531. The number of carbonyl (C=O) groups excluding carboxylic acids is 1. The van der Waals surface area contributed by atoms with E-state index in [1.807, 2.05) is 27.7 Å². The fraction of sp³-hybridized carbons (Fsp3) is 0.818. The molecule has 0 saturated carbocycles. The summed E-state index contributed by atoms with van der Waals surface area (Å²) in [6.45, 7) is 7.98. The molecule has 0 atom stereocenters. The predicted molar refractivity (Wildman–Crippen MR) is 64.3 cm³/mol. The monoisotopic (exact) mass is 229 g/mol. The maximum Gasteiger partial charge on any atom is 0.223 e. The normalized spacial score (nSPS) is 12.9. The Labute approximate surface area is 97.1 Å². The van der Waals surface area contributed by atoms with Gasteiger partial charge in [0.25, 0.3) is 0 Å². The zero-order chi connectivity index (χ0) is 12.8. The second kappa shape index (κ2) is 6.35. The van der Waals surface area contributed by atoms with E-state index < -0.39 is 5.41 Å². The summed E-state index contributed by atoms with van der Waals surface area (Å²) in [5.74, 6) is 0.198. The molecule has 0 rings (SSSR count). The highest BCUT2D eigenvalue weighted by atomic mass is 16.4. The molecule has 0 aliphatic rings.